The quantitative estimate of drug-likeness (QED) is 0.572. The molecule has 1 aromatic carbocycles. The number of thiazole rings is 1. The van der Waals surface area contributed by atoms with Crippen LogP contribution in [0.1, 0.15) is 15.4 Å². The predicted molar refractivity (Wildman–Crippen MR) is 97.8 cm³/mol. The van der Waals surface area contributed by atoms with Crippen LogP contribution in [0.2, 0.25) is 0 Å². The molecule has 0 saturated heterocycles. The van der Waals surface area contributed by atoms with Gasteiger partial charge in [0.1, 0.15) is 0 Å². The average molecular weight is 444 g/mol. The zero-order valence-corrected chi connectivity index (χ0v) is 16.1. The van der Waals surface area contributed by atoms with Crippen LogP contribution >= 0.6 is 11.3 Å². The number of halogens is 3. The molecule has 8 nitrogen and oxygen atoms in total. The van der Waals surface area contributed by atoms with Crippen molar-refractivity contribution in [2.45, 2.75) is 17.5 Å². The highest BCUT2D eigenvalue weighted by molar-refractivity contribution is 7.92. The third-order valence-corrected chi connectivity index (χ3v) is 5.94. The summed E-state index contributed by atoms with van der Waals surface area (Å²) in [5, 5.41) is 10.4. The molecule has 2 N–H and O–H groups in total. The lowest BCUT2D eigenvalue weighted by atomic mass is 10.1. The van der Waals surface area contributed by atoms with Gasteiger partial charge in [0.15, 0.2) is 5.03 Å². The Bertz CT molecular complexity index is 1190. The van der Waals surface area contributed by atoms with Crippen molar-refractivity contribution in [2.75, 3.05) is 5.32 Å². The summed E-state index contributed by atoms with van der Waals surface area (Å²) in [4.78, 5) is 22.5. The van der Waals surface area contributed by atoms with Crippen LogP contribution in [0.3, 0.4) is 0 Å². The number of carbonyl (C=O) groups is 1. The number of aryl methyl sites for hydroxylation is 1. The number of sulfone groups is 1. The van der Waals surface area contributed by atoms with Crippen LogP contribution in [0.4, 0.5) is 24.8 Å². The lowest BCUT2D eigenvalue weighted by molar-refractivity contribution is -0.0438. The van der Waals surface area contributed by atoms with Crippen LogP contribution in [0.5, 0.6) is 0 Å². The van der Waals surface area contributed by atoms with E-state index in [4.69, 9.17) is 5.11 Å². The molecule has 0 amide bonds. The van der Waals surface area contributed by atoms with E-state index < -0.39 is 26.3 Å². The lowest BCUT2D eigenvalue weighted by Crippen LogP contribution is -2.24. The molecule has 2 heterocycles. The van der Waals surface area contributed by atoms with Crippen molar-refractivity contribution in [3.63, 3.8) is 0 Å². The summed E-state index contributed by atoms with van der Waals surface area (Å²) in [6.07, 6.45) is 2.28. The third kappa shape index (κ3) is 4.35. The minimum absolute atomic E-state index is 0.0931. The zero-order chi connectivity index (χ0) is 21.4. The largest absolute Gasteiger partial charge is 0.503 e. The summed E-state index contributed by atoms with van der Waals surface area (Å²) in [6.45, 7) is 1.75. The Hall–Kier alpha value is -3.06. The lowest BCUT2D eigenvalue weighted by Gasteiger charge is -2.10. The highest BCUT2D eigenvalue weighted by Gasteiger charge is 2.48. The fourth-order valence-electron chi connectivity index (χ4n) is 2.30. The van der Waals surface area contributed by atoms with Crippen molar-refractivity contribution in [1.29, 1.82) is 0 Å². The predicted octanol–water partition coefficient (Wildman–Crippen LogP) is 3.64. The number of carboxylic acids is 1. The van der Waals surface area contributed by atoms with Crippen LogP contribution in [-0.4, -0.2) is 40.0 Å². The number of nitrogens with one attached hydrogen (secondary N) is 1. The highest BCUT2D eigenvalue weighted by Crippen LogP contribution is 2.31. The van der Waals surface area contributed by atoms with E-state index in [1.807, 2.05) is 0 Å². The van der Waals surface area contributed by atoms with Gasteiger partial charge < -0.3 is 10.4 Å². The van der Waals surface area contributed by atoms with Gasteiger partial charge in [-0.2, -0.15) is 13.2 Å². The van der Waals surface area contributed by atoms with E-state index in [1.165, 1.54) is 6.20 Å². The average Bonchev–Trinajstić information content (AvgIpc) is 3.11. The van der Waals surface area contributed by atoms with Crippen LogP contribution < -0.4 is 5.32 Å². The number of hydrogen-bond acceptors (Lipinski definition) is 8. The Labute approximate surface area is 166 Å². The number of hydrogen-bond donors (Lipinski definition) is 2. The first-order chi connectivity index (χ1) is 13.5. The molecule has 0 saturated carbocycles. The van der Waals surface area contributed by atoms with Crippen molar-refractivity contribution in [3.05, 3.63) is 47.2 Å². The molecule has 13 heteroatoms. The molecule has 3 aromatic rings. The molecule has 3 rings (SSSR count). The van der Waals surface area contributed by atoms with E-state index in [-0.39, 0.29) is 11.0 Å². The molecule has 0 spiro atoms. The molecule has 2 aromatic heterocycles. The summed E-state index contributed by atoms with van der Waals surface area (Å²) in [6, 6.07) is 5.63. The number of benzene rings is 1. The maximum absolute atomic E-state index is 12.7. The zero-order valence-electron chi connectivity index (χ0n) is 14.4. The van der Waals surface area contributed by atoms with Gasteiger partial charge in [-0.05, 0) is 36.2 Å². The van der Waals surface area contributed by atoms with Gasteiger partial charge in [-0.3, -0.25) is 0 Å². The highest BCUT2D eigenvalue weighted by atomic mass is 32.2. The van der Waals surface area contributed by atoms with E-state index >= 15 is 0 Å². The van der Waals surface area contributed by atoms with Crippen molar-refractivity contribution in [3.8, 4) is 10.4 Å². The van der Waals surface area contributed by atoms with Crippen molar-refractivity contribution in [2.24, 2.45) is 0 Å². The topological polar surface area (TPSA) is 122 Å². The molecule has 0 unspecified atom stereocenters. The van der Waals surface area contributed by atoms with Crippen LogP contribution in [0.15, 0.2) is 41.7 Å². The van der Waals surface area contributed by atoms with Gasteiger partial charge in [-0.1, -0.05) is 6.07 Å². The van der Waals surface area contributed by atoms with Gasteiger partial charge in [-0.25, -0.2) is 28.2 Å². The number of aromatic nitrogens is 3. The Kier molecular flexibility index (Phi) is 5.28. The summed E-state index contributed by atoms with van der Waals surface area (Å²) in [5.74, 6) is -1.51. The van der Waals surface area contributed by atoms with Gasteiger partial charge in [0.05, 0.1) is 4.88 Å². The van der Waals surface area contributed by atoms with Crippen LogP contribution in [0, 0.1) is 6.92 Å². The number of carboxylic acid groups (broad SMARTS) is 1. The minimum Gasteiger partial charge on any atom is -0.476 e. The maximum atomic E-state index is 12.7. The van der Waals surface area contributed by atoms with Gasteiger partial charge in [0, 0.05) is 18.1 Å². The first kappa shape index (κ1) is 20.7. The SMILES string of the molecule is Cc1cc(Nc2nccc(S(=O)(=O)C(F)(F)F)n2)cc(-c2cnc(C(=O)O)s2)c1. The maximum Gasteiger partial charge on any atom is 0.503 e. The number of aromatic carboxylic acids is 1. The molecule has 0 aliphatic heterocycles. The fraction of sp³-hybridized carbons (Fsp3) is 0.125. The van der Waals surface area contributed by atoms with Gasteiger partial charge >= 0.3 is 11.5 Å². The Morgan fingerprint density at radius 2 is 1.93 bits per heavy atom. The van der Waals surface area contributed by atoms with Gasteiger partial charge in [0.25, 0.3) is 9.84 Å². The Morgan fingerprint density at radius 1 is 1.21 bits per heavy atom. The van der Waals surface area contributed by atoms with E-state index in [2.05, 4.69) is 20.3 Å². The standard InChI is InChI=1S/C16H11F3N4O4S2/c1-8-4-9(11-7-21-13(28-11)14(24)25)6-10(5-8)22-15-20-3-2-12(23-15)29(26,27)16(17,18)19/h2-7H,1H3,(H,24,25)(H,20,22,23). The second-order valence-electron chi connectivity index (χ2n) is 5.72. The second-order valence-corrected chi connectivity index (χ2v) is 8.63. The normalized spacial score (nSPS) is 12.0. The van der Waals surface area contributed by atoms with Crippen molar-refractivity contribution >= 4 is 38.8 Å². The molecule has 0 atom stereocenters. The first-order valence-corrected chi connectivity index (χ1v) is 10.00. The Morgan fingerprint density at radius 3 is 2.55 bits per heavy atom. The second kappa shape index (κ2) is 7.40. The summed E-state index contributed by atoms with van der Waals surface area (Å²) >= 11 is 0.952. The molecule has 29 heavy (non-hydrogen) atoms. The summed E-state index contributed by atoms with van der Waals surface area (Å²) in [7, 11) is -5.61. The van der Waals surface area contributed by atoms with Crippen molar-refractivity contribution < 1.29 is 31.5 Å². The first-order valence-electron chi connectivity index (χ1n) is 7.70. The monoisotopic (exact) mass is 444 g/mol. The van der Waals surface area contributed by atoms with E-state index in [1.54, 1.807) is 25.1 Å². The number of nitrogens with zero attached hydrogens (tertiary/aromatic N) is 3. The molecule has 0 radical (unpaired) electrons. The third-order valence-electron chi connectivity index (χ3n) is 3.52. The Balaban J connectivity index is 1.94. The van der Waals surface area contributed by atoms with Crippen LogP contribution in [-0.2, 0) is 9.84 Å². The van der Waals surface area contributed by atoms with Gasteiger partial charge in [0.2, 0.25) is 11.0 Å². The molecular formula is C16H11F3N4O4S2. The summed E-state index contributed by atoms with van der Waals surface area (Å²) in [5.41, 5.74) is -3.76. The van der Waals surface area contributed by atoms with Crippen LogP contribution in [0.25, 0.3) is 10.4 Å². The number of anilines is 2. The molecule has 0 aliphatic carbocycles. The molecule has 0 bridgehead atoms. The molecule has 0 aliphatic rings. The van der Waals surface area contributed by atoms with Gasteiger partial charge in [-0.15, -0.1) is 11.3 Å². The summed E-state index contributed by atoms with van der Waals surface area (Å²) < 4.78 is 61.2. The smallest absolute Gasteiger partial charge is 0.476 e. The van der Waals surface area contributed by atoms with E-state index in [9.17, 15) is 26.4 Å². The van der Waals surface area contributed by atoms with E-state index in [0.29, 0.717) is 22.2 Å². The fourth-order valence-corrected chi connectivity index (χ4v) is 3.73. The number of alkyl halides is 3. The number of rotatable bonds is 5. The van der Waals surface area contributed by atoms with Crippen molar-refractivity contribution in [1.82, 2.24) is 15.0 Å². The minimum atomic E-state index is -5.61. The molecule has 152 valence electrons. The van der Waals surface area contributed by atoms with E-state index in [0.717, 1.165) is 23.1 Å². The molecule has 0 fully saturated rings. The molecular weight excluding hydrogens is 433 g/mol.